The van der Waals surface area contributed by atoms with Gasteiger partial charge in [-0.05, 0) is 32.0 Å². The van der Waals surface area contributed by atoms with Crippen molar-refractivity contribution in [2.75, 3.05) is 30.8 Å². The maximum atomic E-state index is 12.3. The van der Waals surface area contributed by atoms with Gasteiger partial charge in [-0.2, -0.15) is 0 Å². The number of hydrogen-bond donors (Lipinski definition) is 2. The third kappa shape index (κ3) is 2.17. The molecule has 1 aliphatic rings. The van der Waals surface area contributed by atoms with Crippen LogP contribution in [-0.4, -0.2) is 42.4 Å². The Balaban J connectivity index is 2.53. The SMILES string of the molecule is CN1CCN(c2cc(N)ccc2C(N)=O)C(C)(C)C1=O. The number of hydrogen-bond acceptors (Lipinski definition) is 4. The van der Waals surface area contributed by atoms with E-state index in [4.69, 9.17) is 11.5 Å². The molecule has 4 N–H and O–H groups in total. The van der Waals surface area contributed by atoms with Gasteiger partial charge in [-0.25, -0.2) is 0 Å². The molecule has 108 valence electrons. The van der Waals surface area contributed by atoms with Gasteiger partial charge >= 0.3 is 0 Å². The molecule has 0 radical (unpaired) electrons. The van der Waals surface area contributed by atoms with Crippen molar-refractivity contribution in [3.8, 4) is 0 Å². The quantitative estimate of drug-likeness (QED) is 0.766. The summed E-state index contributed by atoms with van der Waals surface area (Å²) in [7, 11) is 1.77. The summed E-state index contributed by atoms with van der Waals surface area (Å²) in [5, 5.41) is 0. The van der Waals surface area contributed by atoms with Crippen LogP contribution in [0.5, 0.6) is 0 Å². The van der Waals surface area contributed by atoms with Gasteiger partial charge in [-0.15, -0.1) is 0 Å². The van der Waals surface area contributed by atoms with Crippen LogP contribution in [0.4, 0.5) is 11.4 Å². The van der Waals surface area contributed by atoms with Crippen molar-refractivity contribution in [3.63, 3.8) is 0 Å². The summed E-state index contributed by atoms with van der Waals surface area (Å²) in [4.78, 5) is 27.5. The van der Waals surface area contributed by atoms with Crippen LogP contribution in [0.25, 0.3) is 0 Å². The third-order valence-electron chi connectivity index (χ3n) is 3.78. The molecule has 1 aromatic rings. The standard InChI is InChI=1S/C14H20N4O2/c1-14(2)13(20)17(3)6-7-18(14)11-8-9(15)4-5-10(11)12(16)19/h4-5,8H,6-7,15H2,1-3H3,(H2,16,19). The predicted molar refractivity (Wildman–Crippen MR) is 78.4 cm³/mol. The van der Waals surface area contributed by atoms with E-state index in [9.17, 15) is 9.59 Å². The number of rotatable bonds is 2. The zero-order valence-corrected chi connectivity index (χ0v) is 12.0. The average molecular weight is 276 g/mol. The highest BCUT2D eigenvalue weighted by Crippen LogP contribution is 2.32. The Labute approximate surface area is 118 Å². The minimum atomic E-state index is -0.745. The highest BCUT2D eigenvalue weighted by Gasteiger charge is 2.41. The molecule has 0 atom stereocenters. The Morgan fingerprint density at radius 2 is 1.95 bits per heavy atom. The van der Waals surface area contributed by atoms with Gasteiger partial charge in [0.2, 0.25) is 5.91 Å². The summed E-state index contributed by atoms with van der Waals surface area (Å²) in [6.45, 7) is 4.88. The average Bonchev–Trinajstić information content (AvgIpc) is 2.35. The van der Waals surface area contributed by atoms with E-state index >= 15 is 0 Å². The monoisotopic (exact) mass is 276 g/mol. The molecule has 20 heavy (non-hydrogen) atoms. The Kier molecular flexibility index (Phi) is 3.33. The smallest absolute Gasteiger partial charge is 0.250 e. The van der Waals surface area contributed by atoms with Gasteiger partial charge in [-0.1, -0.05) is 0 Å². The van der Waals surface area contributed by atoms with Crippen LogP contribution < -0.4 is 16.4 Å². The Bertz CT molecular complexity index is 568. The molecule has 1 heterocycles. The van der Waals surface area contributed by atoms with Crippen LogP contribution in [-0.2, 0) is 4.79 Å². The van der Waals surface area contributed by atoms with Gasteiger partial charge in [0.25, 0.3) is 5.91 Å². The third-order valence-corrected chi connectivity index (χ3v) is 3.78. The number of piperazine rings is 1. The Hall–Kier alpha value is -2.24. The number of benzene rings is 1. The fraction of sp³-hybridized carbons (Fsp3) is 0.429. The van der Waals surface area contributed by atoms with Crippen LogP contribution in [0.3, 0.4) is 0 Å². The highest BCUT2D eigenvalue weighted by molar-refractivity contribution is 6.01. The van der Waals surface area contributed by atoms with Crippen molar-refractivity contribution in [2.45, 2.75) is 19.4 Å². The summed E-state index contributed by atoms with van der Waals surface area (Å²) in [5.41, 5.74) is 12.0. The molecule has 6 nitrogen and oxygen atoms in total. The molecule has 0 bridgehead atoms. The fourth-order valence-corrected chi connectivity index (χ4v) is 2.62. The van der Waals surface area contributed by atoms with E-state index in [1.807, 2.05) is 18.7 Å². The molecular weight excluding hydrogens is 256 g/mol. The van der Waals surface area contributed by atoms with E-state index in [0.29, 0.717) is 30.0 Å². The van der Waals surface area contributed by atoms with Crippen molar-refractivity contribution in [2.24, 2.45) is 5.73 Å². The number of anilines is 2. The van der Waals surface area contributed by atoms with Gasteiger partial charge in [0.05, 0.1) is 11.3 Å². The van der Waals surface area contributed by atoms with E-state index < -0.39 is 11.4 Å². The van der Waals surface area contributed by atoms with Crippen LogP contribution in [0, 0.1) is 0 Å². The fourth-order valence-electron chi connectivity index (χ4n) is 2.62. The molecule has 1 aliphatic heterocycles. The molecule has 0 aliphatic carbocycles. The summed E-state index contributed by atoms with van der Waals surface area (Å²) in [5.74, 6) is -0.524. The number of primary amides is 1. The normalized spacial score (nSPS) is 18.2. The largest absolute Gasteiger partial charge is 0.399 e. The van der Waals surface area contributed by atoms with E-state index in [1.54, 1.807) is 30.1 Å². The van der Waals surface area contributed by atoms with Crippen molar-refractivity contribution >= 4 is 23.2 Å². The molecule has 0 unspecified atom stereocenters. The maximum Gasteiger partial charge on any atom is 0.250 e. The zero-order chi connectivity index (χ0) is 15.1. The zero-order valence-electron chi connectivity index (χ0n) is 12.0. The van der Waals surface area contributed by atoms with E-state index in [-0.39, 0.29) is 5.91 Å². The van der Waals surface area contributed by atoms with Crippen molar-refractivity contribution in [1.29, 1.82) is 0 Å². The predicted octanol–water partition coefficient (Wildman–Crippen LogP) is 0.425. The number of nitrogens with two attached hydrogens (primary N) is 2. The number of nitrogens with zero attached hydrogens (tertiary/aromatic N) is 2. The number of amides is 2. The van der Waals surface area contributed by atoms with E-state index in [2.05, 4.69) is 0 Å². The molecule has 0 spiro atoms. The van der Waals surface area contributed by atoms with Gasteiger partial charge in [-0.3, -0.25) is 9.59 Å². The molecule has 0 aromatic heterocycles. The molecule has 6 heteroatoms. The lowest BCUT2D eigenvalue weighted by atomic mass is 9.95. The van der Waals surface area contributed by atoms with Crippen molar-refractivity contribution in [1.82, 2.24) is 4.90 Å². The highest BCUT2D eigenvalue weighted by atomic mass is 16.2. The lowest BCUT2D eigenvalue weighted by molar-refractivity contribution is -0.136. The molecule has 2 amide bonds. The second-order valence-corrected chi connectivity index (χ2v) is 5.58. The number of carbonyl (C=O) groups excluding carboxylic acids is 2. The van der Waals surface area contributed by atoms with Crippen molar-refractivity contribution in [3.05, 3.63) is 23.8 Å². The van der Waals surface area contributed by atoms with Gasteiger partial charge in [0.1, 0.15) is 5.54 Å². The topological polar surface area (TPSA) is 92.7 Å². The number of nitrogen functional groups attached to an aromatic ring is 1. The molecule has 0 saturated carbocycles. The Morgan fingerprint density at radius 1 is 1.30 bits per heavy atom. The van der Waals surface area contributed by atoms with Gasteiger partial charge in [0.15, 0.2) is 0 Å². The second kappa shape index (κ2) is 4.70. The maximum absolute atomic E-state index is 12.3. The minimum Gasteiger partial charge on any atom is -0.399 e. The summed E-state index contributed by atoms with van der Waals surface area (Å²) in [6, 6.07) is 4.93. The molecular formula is C14H20N4O2. The molecule has 2 rings (SSSR count). The van der Waals surface area contributed by atoms with Crippen molar-refractivity contribution < 1.29 is 9.59 Å². The van der Waals surface area contributed by atoms with Crippen LogP contribution in [0.1, 0.15) is 24.2 Å². The van der Waals surface area contributed by atoms with E-state index in [0.717, 1.165) is 0 Å². The number of likely N-dealkylation sites (N-methyl/N-ethyl adjacent to an activating group) is 1. The summed E-state index contributed by atoms with van der Waals surface area (Å²) < 4.78 is 0. The van der Waals surface area contributed by atoms with Crippen LogP contribution in [0.2, 0.25) is 0 Å². The molecule has 1 aromatic carbocycles. The first kappa shape index (κ1) is 14.2. The Morgan fingerprint density at radius 3 is 2.55 bits per heavy atom. The first-order valence-corrected chi connectivity index (χ1v) is 6.47. The second-order valence-electron chi connectivity index (χ2n) is 5.58. The first-order chi connectivity index (χ1) is 9.25. The minimum absolute atomic E-state index is 0.00148. The van der Waals surface area contributed by atoms with Crippen LogP contribution in [0.15, 0.2) is 18.2 Å². The number of carbonyl (C=O) groups is 2. The van der Waals surface area contributed by atoms with Gasteiger partial charge in [0, 0.05) is 25.8 Å². The van der Waals surface area contributed by atoms with E-state index in [1.165, 1.54) is 0 Å². The van der Waals surface area contributed by atoms with Crippen LogP contribution >= 0.6 is 0 Å². The lowest BCUT2D eigenvalue weighted by Crippen LogP contribution is -2.62. The van der Waals surface area contributed by atoms with Gasteiger partial charge < -0.3 is 21.3 Å². The lowest BCUT2D eigenvalue weighted by Gasteiger charge is -2.46. The summed E-state index contributed by atoms with van der Waals surface area (Å²) >= 11 is 0. The molecule has 1 fully saturated rings. The summed E-state index contributed by atoms with van der Waals surface area (Å²) in [6.07, 6.45) is 0. The molecule has 1 saturated heterocycles. The first-order valence-electron chi connectivity index (χ1n) is 6.47.